The van der Waals surface area contributed by atoms with Crippen LogP contribution in [0.4, 0.5) is 20.2 Å². The van der Waals surface area contributed by atoms with Crippen molar-refractivity contribution in [2.75, 3.05) is 10.6 Å². The highest BCUT2D eigenvalue weighted by Crippen LogP contribution is 2.18. The second-order valence-electron chi connectivity index (χ2n) is 5.54. The van der Waals surface area contributed by atoms with Gasteiger partial charge in [-0.25, -0.2) is 8.78 Å². The number of hydrogen-bond donors (Lipinski definition) is 2. The number of anilines is 2. The van der Waals surface area contributed by atoms with Crippen LogP contribution >= 0.6 is 12.2 Å². The van der Waals surface area contributed by atoms with Crippen LogP contribution in [-0.4, -0.2) is 5.11 Å². The quantitative estimate of drug-likeness (QED) is 0.593. The van der Waals surface area contributed by atoms with E-state index in [1.165, 1.54) is 0 Å². The first-order chi connectivity index (χ1) is 12.6. The van der Waals surface area contributed by atoms with Crippen molar-refractivity contribution in [2.24, 2.45) is 0 Å². The molecule has 0 aromatic heterocycles. The summed E-state index contributed by atoms with van der Waals surface area (Å²) in [6.45, 7) is 0.485. The Hall–Kier alpha value is -2.99. The van der Waals surface area contributed by atoms with E-state index in [-0.39, 0.29) is 10.8 Å². The molecule has 0 amide bonds. The Kier molecular flexibility index (Phi) is 5.76. The minimum Gasteiger partial charge on any atom is -0.489 e. The van der Waals surface area contributed by atoms with Crippen molar-refractivity contribution >= 4 is 28.7 Å². The van der Waals surface area contributed by atoms with Gasteiger partial charge in [0.25, 0.3) is 0 Å². The Labute approximate surface area is 155 Å². The number of nitrogens with one attached hydrogen (secondary N) is 2. The van der Waals surface area contributed by atoms with Crippen LogP contribution in [-0.2, 0) is 6.61 Å². The van der Waals surface area contributed by atoms with Gasteiger partial charge in [-0.15, -0.1) is 0 Å². The van der Waals surface area contributed by atoms with Crippen LogP contribution in [0.25, 0.3) is 0 Å². The highest BCUT2D eigenvalue weighted by atomic mass is 32.1. The number of ether oxygens (including phenoxy) is 1. The molecule has 0 spiro atoms. The molecule has 0 heterocycles. The number of thiocarbonyl (C=S) groups is 1. The Bertz CT molecular complexity index is 866. The maximum Gasteiger partial charge on any atom is 0.175 e. The van der Waals surface area contributed by atoms with Gasteiger partial charge in [-0.2, -0.15) is 0 Å². The van der Waals surface area contributed by atoms with Crippen molar-refractivity contribution in [3.05, 3.63) is 90.0 Å². The zero-order valence-electron chi connectivity index (χ0n) is 13.7. The lowest BCUT2D eigenvalue weighted by Crippen LogP contribution is -2.19. The molecule has 0 atom stereocenters. The minimum atomic E-state index is -0.671. The molecule has 3 rings (SSSR count). The van der Waals surface area contributed by atoms with Crippen molar-refractivity contribution < 1.29 is 13.5 Å². The zero-order valence-corrected chi connectivity index (χ0v) is 14.5. The van der Waals surface area contributed by atoms with Gasteiger partial charge in [0.15, 0.2) is 5.11 Å². The van der Waals surface area contributed by atoms with Gasteiger partial charge in [0.2, 0.25) is 0 Å². The molecule has 3 nitrogen and oxygen atoms in total. The molecule has 0 unspecified atom stereocenters. The van der Waals surface area contributed by atoms with E-state index in [0.717, 1.165) is 35.2 Å². The van der Waals surface area contributed by atoms with Crippen molar-refractivity contribution in [3.8, 4) is 5.75 Å². The summed E-state index contributed by atoms with van der Waals surface area (Å²) in [5.74, 6) is -0.615. The predicted octanol–water partition coefficient (Wildman–Crippen LogP) is 5.35. The van der Waals surface area contributed by atoms with E-state index < -0.39 is 11.6 Å². The predicted molar refractivity (Wildman–Crippen MR) is 103 cm³/mol. The molecule has 0 aliphatic rings. The standard InChI is InChI=1S/C20H16F2N2OS/c21-15-10-16(22)12-18(11-15)24-20(26)23-17-6-8-19(9-7-17)25-13-14-4-2-1-3-5-14/h1-12H,13H2,(H2,23,24,26). The van der Waals surface area contributed by atoms with Crippen LogP contribution in [0.1, 0.15) is 5.56 Å². The topological polar surface area (TPSA) is 33.3 Å². The average molecular weight is 370 g/mol. The molecule has 2 N–H and O–H groups in total. The summed E-state index contributed by atoms with van der Waals surface area (Å²) in [5.41, 5.74) is 2.05. The maximum absolute atomic E-state index is 13.2. The van der Waals surface area contributed by atoms with Gasteiger partial charge in [0, 0.05) is 17.4 Å². The fraction of sp³-hybridized carbons (Fsp3) is 0.0500. The van der Waals surface area contributed by atoms with Crippen LogP contribution in [0.2, 0.25) is 0 Å². The second kappa shape index (κ2) is 8.40. The van der Waals surface area contributed by atoms with Crippen molar-refractivity contribution in [1.82, 2.24) is 0 Å². The van der Waals surface area contributed by atoms with E-state index in [0.29, 0.717) is 6.61 Å². The summed E-state index contributed by atoms with van der Waals surface area (Å²) in [5, 5.41) is 5.92. The molecule has 0 saturated heterocycles. The lowest BCUT2D eigenvalue weighted by Gasteiger charge is -2.12. The molecule has 132 valence electrons. The molecule has 0 fully saturated rings. The molecular formula is C20H16F2N2OS. The largest absolute Gasteiger partial charge is 0.489 e. The molecule has 6 heteroatoms. The molecule has 0 saturated carbocycles. The fourth-order valence-corrected chi connectivity index (χ4v) is 2.53. The number of halogens is 2. The average Bonchev–Trinajstić information content (AvgIpc) is 2.61. The number of benzene rings is 3. The molecule has 26 heavy (non-hydrogen) atoms. The maximum atomic E-state index is 13.2. The number of rotatable bonds is 5. The molecule has 0 aliphatic carbocycles. The SMILES string of the molecule is Fc1cc(F)cc(NC(=S)Nc2ccc(OCc3ccccc3)cc2)c1. The first-order valence-corrected chi connectivity index (χ1v) is 8.30. The third-order valence-electron chi connectivity index (χ3n) is 3.48. The molecule has 0 bridgehead atoms. The Morgan fingerprint density at radius 1 is 0.808 bits per heavy atom. The van der Waals surface area contributed by atoms with E-state index in [2.05, 4.69) is 10.6 Å². The first kappa shape index (κ1) is 17.8. The van der Waals surface area contributed by atoms with E-state index >= 15 is 0 Å². The highest BCUT2D eigenvalue weighted by Gasteiger charge is 2.04. The first-order valence-electron chi connectivity index (χ1n) is 7.89. The Morgan fingerprint density at radius 2 is 1.42 bits per heavy atom. The molecule has 3 aromatic carbocycles. The van der Waals surface area contributed by atoms with Gasteiger partial charge in [-0.3, -0.25) is 0 Å². The monoisotopic (exact) mass is 370 g/mol. The summed E-state index contributed by atoms with van der Waals surface area (Å²) in [6, 6.07) is 20.2. The molecule has 3 aromatic rings. The Morgan fingerprint density at radius 3 is 2.08 bits per heavy atom. The van der Waals surface area contributed by atoms with E-state index in [1.54, 1.807) is 12.1 Å². The summed E-state index contributed by atoms with van der Waals surface area (Å²) in [7, 11) is 0. The van der Waals surface area contributed by atoms with Crippen LogP contribution in [0.15, 0.2) is 72.8 Å². The summed E-state index contributed by atoms with van der Waals surface area (Å²) in [4.78, 5) is 0. The van der Waals surface area contributed by atoms with Gasteiger partial charge in [0.05, 0.1) is 0 Å². The van der Waals surface area contributed by atoms with E-state index in [4.69, 9.17) is 17.0 Å². The van der Waals surface area contributed by atoms with Crippen LogP contribution in [0.5, 0.6) is 5.75 Å². The van der Waals surface area contributed by atoms with Gasteiger partial charge < -0.3 is 15.4 Å². The second-order valence-corrected chi connectivity index (χ2v) is 5.94. The van der Waals surface area contributed by atoms with Crippen LogP contribution < -0.4 is 15.4 Å². The third kappa shape index (κ3) is 5.26. The van der Waals surface area contributed by atoms with Crippen LogP contribution in [0, 0.1) is 11.6 Å². The van der Waals surface area contributed by atoms with Gasteiger partial charge in [-0.1, -0.05) is 30.3 Å². The van der Waals surface area contributed by atoms with E-state index in [9.17, 15) is 8.78 Å². The van der Waals surface area contributed by atoms with Crippen molar-refractivity contribution in [1.29, 1.82) is 0 Å². The fourth-order valence-electron chi connectivity index (χ4n) is 2.29. The molecule has 0 aliphatic heterocycles. The zero-order chi connectivity index (χ0) is 18.4. The van der Waals surface area contributed by atoms with Crippen molar-refractivity contribution in [3.63, 3.8) is 0 Å². The lowest BCUT2D eigenvalue weighted by atomic mass is 10.2. The third-order valence-corrected chi connectivity index (χ3v) is 3.69. The summed E-state index contributed by atoms with van der Waals surface area (Å²) < 4.78 is 32.1. The van der Waals surface area contributed by atoms with Gasteiger partial charge in [0.1, 0.15) is 24.0 Å². The molecular weight excluding hydrogens is 354 g/mol. The van der Waals surface area contributed by atoms with Gasteiger partial charge in [-0.05, 0) is 54.2 Å². The summed E-state index contributed by atoms with van der Waals surface area (Å²) in [6.07, 6.45) is 0. The van der Waals surface area contributed by atoms with Gasteiger partial charge >= 0.3 is 0 Å². The van der Waals surface area contributed by atoms with E-state index in [1.807, 2.05) is 42.5 Å². The number of hydrogen-bond acceptors (Lipinski definition) is 2. The normalized spacial score (nSPS) is 10.2. The molecule has 0 radical (unpaired) electrons. The smallest absolute Gasteiger partial charge is 0.175 e. The Balaban J connectivity index is 1.54. The lowest BCUT2D eigenvalue weighted by molar-refractivity contribution is 0.306. The summed E-state index contributed by atoms with van der Waals surface area (Å²) >= 11 is 5.15. The minimum absolute atomic E-state index is 0.230. The van der Waals surface area contributed by atoms with Crippen LogP contribution in [0.3, 0.4) is 0 Å². The highest BCUT2D eigenvalue weighted by molar-refractivity contribution is 7.80. The van der Waals surface area contributed by atoms with Crippen molar-refractivity contribution in [2.45, 2.75) is 6.61 Å².